The lowest BCUT2D eigenvalue weighted by Crippen LogP contribution is -1.95. The van der Waals surface area contributed by atoms with Gasteiger partial charge in [-0.25, -0.2) is 0 Å². The fourth-order valence-corrected chi connectivity index (χ4v) is 2.62. The average molecular weight is 227 g/mol. The lowest BCUT2D eigenvalue weighted by molar-refractivity contribution is 0.643. The van der Waals surface area contributed by atoms with Gasteiger partial charge < -0.3 is 4.57 Å². The van der Waals surface area contributed by atoms with E-state index < -0.39 is 0 Å². The molecule has 0 radical (unpaired) electrons. The minimum Gasteiger partial charge on any atom is -0.343 e. The summed E-state index contributed by atoms with van der Waals surface area (Å²) in [5.41, 5.74) is 2.82. The molecule has 1 heterocycles. The third-order valence-electron chi connectivity index (χ3n) is 3.57. The van der Waals surface area contributed by atoms with Crippen molar-refractivity contribution in [1.82, 2.24) is 4.57 Å². The Morgan fingerprint density at radius 1 is 1.24 bits per heavy atom. The lowest BCUT2D eigenvalue weighted by Gasteiger charge is -2.10. The quantitative estimate of drug-likeness (QED) is 0.651. The number of allylic oxidation sites excluding steroid dienone is 1. The molecule has 17 heavy (non-hydrogen) atoms. The highest BCUT2D eigenvalue weighted by atomic mass is 14.9. The Kier molecular flexibility index (Phi) is 3.68. The molecule has 0 aliphatic heterocycles. The van der Waals surface area contributed by atoms with Gasteiger partial charge in [-0.1, -0.05) is 38.1 Å². The van der Waals surface area contributed by atoms with Crippen LogP contribution < -0.4 is 0 Å². The normalized spacial score (nSPS) is 11.2. The van der Waals surface area contributed by atoms with E-state index in [0.717, 1.165) is 6.54 Å². The van der Waals surface area contributed by atoms with Gasteiger partial charge in [0.2, 0.25) is 0 Å². The van der Waals surface area contributed by atoms with E-state index in [1.807, 2.05) is 6.08 Å². The fourth-order valence-electron chi connectivity index (χ4n) is 2.62. The largest absolute Gasteiger partial charge is 0.343 e. The Morgan fingerprint density at radius 2 is 1.94 bits per heavy atom. The van der Waals surface area contributed by atoms with E-state index >= 15 is 0 Å². The minimum atomic E-state index is 0.672. The van der Waals surface area contributed by atoms with Crippen LogP contribution in [0.15, 0.2) is 43.1 Å². The van der Waals surface area contributed by atoms with Gasteiger partial charge in [0, 0.05) is 23.6 Å². The summed E-state index contributed by atoms with van der Waals surface area (Å²) in [4.78, 5) is 0. The average Bonchev–Trinajstić information content (AvgIpc) is 2.72. The molecule has 1 aromatic heterocycles. The van der Waals surface area contributed by atoms with Gasteiger partial charge in [-0.3, -0.25) is 0 Å². The molecule has 90 valence electrons. The van der Waals surface area contributed by atoms with E-state index in [1.54, 1.807) is 0 Å². The Balaban J connectivity index is 2.59. The number of hydrogen-bond acceptors (Lipinski definition) is 0. The van der Waals surface area contributed by atoms with Crippen LogP contribution in [-0.2, 0) is 6.54 Å². The van der Waals surface area contributed by atoms with E-state index in [2.05, 4.69) is 55.5 Å². The second-order valence-corrected chi connectivity index (χ2v) is 4.56. The van der Waals surface area contributed by atoms with Crippen LogP contribution in [0, 0.1) is 0 Å². The summed E-state index contributed by atoms with van der Waals surface area (Å²) in [6.07, 6.45) is 6.68. The van der Waals surface area contributed by atoms with Gasteiger partial charge in [0.1, 0.15) is 0 Å². The molecule has 0 spiro atoms. The van der Waals surface area contributed by atoms with Crippen molar-refractivity contribution in [1.29, 1.82) is 0 Å². The zero-order valence-corrected chi connectivity index (χ0v) is 10.8. The van der Waals surface area contributed by atoms with Crippen molar-refractivity contribution in [2.75, 3.05) is 0 Å². The van der Waals surface area contributed by atoms with Crippen molar-refractivity contribution in [3.05, 3.63) is 48.7 Å². The van der Waals surface area contributed by atoms with E-state index in [4.69, 9.17) is 0 Å². The second-order valence-electron chi connectivity index (χ2n) is 4.56. The summed E-state index contributed by atoms with van der Waals surface area (Å²) < 4.78 is 2.30. The molecule has 0 fully saturated rings. The predicted molar refractivity (Wildman–Crippen MR) is 75.5 cm³/mol. The molecule has 1 heteroatoms. The molecule has 1 aromatic carbocycles. The Hall–Kier alpha value is -1.50. The van der Waals surface area contributed by atoms with Gasteiger partial charge in [0.15, 0.2) is 0 Å². The molecule has 0 aliphatic carbocycles. The number of benzene rings is 1. The van der Waals surface area contributed by atoms with Crippen LogP contribution in [0.1, 0.15) is 38.2 Å². The van der Waals surface area contributed by atoms with Gasteiger partial charge in [0.25, 0.3) is 0 Å². The summed E-state index contributed by atoms with van der Waals surface area (Å²) in [6.45, 7) is 9.27. The van der Waals surface area contributed by atoms with Crippen molar-refractivity contribution in [2.24, 2.45) is 0 Å². The molecule has 0 amide bonds. The molecule has 2 rings (SSSR count). The zero-order valence-electron chi connectivity index (χ0n) is 10.8. The fraction of sp³-hybridized carbons (Fsp3) is 0.375. The summed E-state index contributed by atoms with van der Waals surface area (Å²) >= 11 is 0. The molecule has 2 aromatic rings. The van der Waals surface area contributed by atoms with Crippen LogP contribution in [0.25, 0.3) is 10.9 Å². The molecule has 1 nitrogen and oxygen atoms in total. The Bertz CT molecular complexity index is 503. The lowest BCUT2D eigenvalue weighted by atomic mass is 9.94. The first kappa shape index (κ1) is 12.0. The second kappa shape index (κ2) is 5.22. The van der Waals surface area contributed by atoms with Crippen molar-refractivity contribution in [3.63, 3.8) is 0 Å². The monoisotopic (exact) mass is 227 g/mol. The van der Waals surface area contributed by atoms with Gasteiger partial charge in [-0.2, -0.15) is 0 Å². The van der Waals surface area contributed by atoms with Crippen LogP contribution in [0.3, 0.4) is 0 Å². The third-order valence-corrected chi connectivity index (χ3v) is 3.57. The standard InChI is InChI=1S/C16H21N/c1-4-11-17-12-15(13(5-2)6-3)14-9-7-8-10-16(14)17/h4,7-10,12-13H,1,5-6,11H2,2-3H3. The summed E-state index contributed by atoms with van der Waals surface area (Å²) in [7, 11) is 0. The predicted octanol–water partition coefficient (Wildman–Crippen LogP) is 4.73. The first-order valence-corrected chi connectivity index (χ1v) is 6.50. The molecule has 0 aliphatic rings. The van der Waals surface area contributed by atoms with Crippen LogP contribution in [0.5, 0.6) is 0 Å². The zero-order chi connectivity index (χ0) is 12.3. The van der Waals surface area contributed by atoms with Gasteiger partial charge in [-0.15, -0.1) is 6.58 Å². The Labute approximate surface area is 104 Å². The molecular formula is C16H21N. The van der Waals surface area contributed by atoms with E-state index in [0.29, 0.717) is 5.92 Å². The molecule has 0 atom stereocenters. The highest BCUT2D eigenvalue weighted by Crippen LogP contribution is 2.31. The maximum atomic E-state index is 3.84. The van der Waals surface area contributed by atoms with Gasteiger partial charge >= 0.3 is 0 Å². The topological polar surface area (TPSA) is 4.93 Å². The SMILES string of the molecule is C=CCn1cc(C(CC)CC)c2ccccc21. The molecule has 0 saturated carbocycles. The molecule has 0 N–H and O–H groups in total. The first-order chi connectivity index (χ1) is 8.31. The highest BCUT2D eigenvalue weighted by Gasteiger charge is 2.14. The van der Waals surface area contributed by atoms with Crippen molar-refractivity contribution in [3.8, 4) is 0 Å². The van der Waals surface area contributed by atoms with Crippen LogP contribution in [0.4, 0.5) is 0 Å². The van der Waals surface area contributed by atoms with Crippen LogP contribution >= 0.6 is 0 Å². The summed E-state index contributed by atoms with van der Waals surface area (Å²) in [5, 5.41) is 1.41. The molecule has 0 unspecified atom stereocenters. The number of nitrogens with zero attached hydrogens (tertiary/aromatic N) is 1. The van der Waals surface area contributed by atoms with E-state index in [-0.39, 0.29) is 0 Å². The van der Waals surface area contributed by atoms with Crippen LogP contribution in [-0.4, -0.2) is 4.57 Å². The maximum Gasteiger partial charge on any atom is 0.0486 e. The van der Waals surface area contributed by atoms with Gasteiger partial charge in [0.05, 0.1) is 0 Å². The van der Waals surface area contributed by atoms with Crippen molar-refractivity contribution in [2.45, 2.75) is 39.2 Å². The smallest absolute Gasteiger partial charge is 0.0486 e. The molecule has 0 bridgehead atoms. The number of para-hydroxylation sites is 1. The van der Waals surface area contributed by atoms with Crippen molar-refractivity contribution >= 4 is 10.9 Å². The first-order valence-electron chi connectivity index (χ1n) is 6.50. The molecular weight excluding hydrogens is 206 g/mol. The highest BCUT2D eigenvalue weighted by molar-refractivity contribution is 5.84. The number of aromatic nitrogens is 1. The maximum absolute atomic E-state index is 3.84. The number of fused-ring (bicyclic) bond motifs is 1. The summed E-state index contributed by atoms with van der Waals surface area (Å²) in [6, 6.07) is 8.68. The van der Waals surface area contributed by atoms with Crippen LogP contribution in [0.2, 0.25) is 0 Å². The Morgan fingerprint density at radius 3 is 2.59 bits per heavy atom. The van der Waals surface area contributed by atoms with Crippen molar-refractivity contribution < 1.29 is 0 Å². The number of rotatable bonds is 5. The minimum absolute atomic E-state index is 0.672. The van der Waals surface area contributed by atoms with E-state index in [1.165, 1.54) is 29.3 Å². The summed E-state index contributed by atoms with van der Waals surface area (Å²) in [5.74, 6) is 0.672. The number of hydrogen-bond donors (Lipinski definition) is 0. The third kappa shape index (κ3) is 2.14. The van der Waals surface area contributed by atoms with E-state index in [9.17, 15) is 0 Å². The van der Waals surface area contributed by atoms with Gasteiger partial charge in [-0.05, 0) is 30.4 Å². The molecule has 0 saturated heterocycles.